The van der Waals surface area contributed by atoms with Crippen molar-refractivity contribution in [2.45, 2.75) is 0 Å². The standard InChI is InChI=1S/C11H10O3/c1-3-8-14-10-7-5-4-6-9(10)11(12)13-2/h1,4-7H,8H2,2H3. The molecule has 0 heterocycles. The molecule has 3 nitrogen and oxygen atoms in total. The molecule has 1 rings (SSSR count). The summed E-state index contributed by atoms with van der Waals surface area (Å²) < 4.78 is 9.76. The minimum atomic E-state index is -0.433. The van der Waals surface area contributed by atoms with Crippen molar-refractivity contribution in [3.05, 3.63) is 29.8 Å². The molecule has 0 unspecified atom stereocenters. The molecule has 1 aromatic carbocycles. The lowest BCUT2D eigenvalue weighted by atomic mass is 10.2. The van der Waals surface area contributed by atoms with E-state index in [0.717, 1.165) is 0 Å². The number of carbonyl (C=O) groups is 1. The van der Waals surface area contributed by atoms with Gasteiger partial charge in [0.15, 0.2) is 0 Å². The number of hydrogen-bond acceptors (Lipinski definition) is 3. The van der Waals surface area contributed by atoms with E-state index >= 15 is 0 Å². The highest BCUT2D eigenvalue weighted by Gasteiger charge is 2.11. The molecule has 0 aliphatic heterocycles. The van der Waals surface area contributed by atoms with Gasteiger partial charge in [-0.15, -0.1) is 6.42 Å². The molecular weight excluding hydrogens is 180 g/mol. The second-order valence-corrected chi connectivity index (χ2v) is 2.48. The van der Waals surface area contributed by atoms with Crippen molar-refractivity contribution in [1.29, 1.82) is 0 Å². The molecule has 0 N–H and O–H groups in total. The van der Waals surface area contributed by atoms with Gasteiger partial charge in [0.25, 0.3) is 0 Å². The number of hydrogen-bond donors (Lipinski definition) is 0. The van der Waals surface area contributed by atoms with Crippen LogP contribution in [-0.4, -0.2) is 19.7 Å². The summed E-state index contributed by atoms with van der Waals surface area (Å²) in [4.78, 5) is 11.2. The van der Waals surface area contributed by atoms with E-state index in [0.29, 0.717) is 11.3 Å². The van der Waals surface area contributed by atoms with E-state index < -0.39 is 5.97 Å². The lowest BCUT2D eigenvalue weighted by molar-refractivity contribution is 0.0596. The summed E-state index contributed by atoms with van der Waals surface area (Å²) >= 11 is 0. The maximum absolute atomic E-state index is 11.2. The number of methoxy groups -OCH3 is 1. The molecule has 0 fully saturated rings. The third-order valence-corrected chi connectivity index (χ3v) is 1.60. The number of carbonyl (C=O) groups excluding carboxylic acids is 1. The molecule has 0 radical (unpaired) electrons. The Morgan fingerprint density at radius 2 is 2.21 bits per heavy atom. The average Bonchev–Trinajstić information content (AvgIpc) is 2.25. The number of para-hydroxylation sites is 1. The summed E-state index contributed by atoms with van der Waals surface area (Å²) in [5, 5.41) is 0. The summed E-state index contributed by atoms with van der Waals surface area (Å²) in [6.07, 6.45) is 5.04. The topological polar surface area (TPSA) is 35.5 Å². The third-order valence-electron chi connectivity index (χ3n) is 1.60. The predicted molar refractivity (Wildman–Crippen MR) is 52.1 cm³/mol. The van der Waals surface area contributed by atoms with Crippen LogP contribution < -0.4 is 4.74 Å². The monoisotopic (exact) mass is 190 g/mol. The van der Waals surface area contributed by atoms with E-state index in [4.69, 9.17) is 11.2 Å². The van der Waals surface area contributed by atoms with Gasteiger partial charge in [-0.25, -0.2) is 4.79 Å². The molecule has 3 heteroatoms. The lowest BCUT2D eigenvalue weighted by Gasteiger charge is -2.06. The molecule has 0 saturated carbocycles. The third kappa shape index (κ3) is 2.27. The fourth-order valence-corrected chi connectivity index (χ4v) is 0.991. The molecule has 72 valence electrons. The van der Waals surface area contributed by atoms with Crippen molar-refractivity contribution in [3.8, 4) is 18.1 Å². The number of ether oxygens (including phenoxy) is 2. The zero-order valence-corrected chi connectivity index (χ0v) is 7.82. The van der Waals surface area contributed by atoms with Crippen molar-refractivity contribution in [3.63, 3.8) is 0 Å². The van der Waals surface area contributed by atoms with Crippen LogP contribution in [0.4, 0.5) is 0 Å². The van der Waals surface area contributed by atoms with Gasteiger partial charge in [0.1, 0.15) is 17.9 Å². The Balaban J connectivity index is 2.92. The van der Waals surface area contributed by atoms with Crippen LogP contribution in [-0.2, 0) is 4.74 Å². The van der Waals surface area contributed by atoms with Crippen molar-refractivity contribution in [2.75, 3.05) is 13.7 Å². The fourth-order valence-electron chi connectivity index (χ4n) is 0.991. The van der Waals surface area contributed by atoms with E-state index in [9.17, 15) is 4.79 Å². The van der Waals surface area contributed by atoms with Crippen LogP contribution >= 0.6 is 0 Å². The van der Waals surface area contributed by atoms with Gasteiger partial charge < -0.3 is 9.47 Å². The molecule has 0 spiro atoms. The highest BCUT2D eigenvalue weighted by atomic mass is 16.5. The predicted octanol–water partition coefficient (Wildman–Crippen LogP) is 1.49. The molecule has 0 aliphatic rings. The van der Waals surface area contributed by atoms with Crippen molar-refractivity contribution >= 4 is 5.97 Å². The smallest absolute Gasteiger partial charge is 0.341 e. The minimum absolute atomic E-state index is 0.133. The summed E-state index contributed by atoms with van der Waals surface area (Å²) in [6, 6.07) is 6.79. The largest absolute Gasteiger partial charge is 0.480 e. The SMILES string of the molecule is C#CCOc1ccccc1C(=O)OC. The van der Waals surface area contributed by atoms with Gasteiger partial charge in [0.2, 0.25) is 0 Å². The minimum Gasteiger partial charge on any atom is -0.480 e. The van der Waals surface area contributed by atoms with Gasteiger partial charge in [-0.3, -0.25) is 0 Å². The molecule has 14 heavy (non-hydrogen) atoms. The molecule has 0 bridgehead atoms. The van der Waals surface area contributed by atoms with Gasteiger partial charge in [-0.2, -0.15) is 0 Å². The van der Waals surface area contributed by atoms with Gasteiger partial charge in [-0.05, 0) is 12.1 Å². The number of terminal acetylenes is 1. The molecule has 1 aromatic rings. The van der Waals surface area contributed by atoms with Crippen LogP contribution in [0.25, 0.3) is 0 Å². The van der Waals surface area contributed by atoms with Gasteiger partial charge in [0.05, 0.1) is 7.11 Å². The first-order valence-electron chi connectivity index (χ1n) is 4.03. The van der Waals surface area contributed by atoms with E-state index in [1.165, 1.54) is 7.11 Å². The molecule has 0 aliphatic carbocycles. The molecule has 0 saturated heterocycles. The molecule has 0 amide bonds. The zero-order chi connectivity index (χ0) is 10.4. The average molecular weight is 190 g/mol. The quantitative estimate of drug-likeness (QED) is 0.535. The number of rotatable bonds is 3. The van der Waals surface area contributed by atoms with Crippen molar-refractivity contribution in [1.82, 2.24) is 0 Å². The van der Waals surface area contributed by atoms with Gasteiger partial charge in [-0.1, -0.05) is 18.1 Å². The van der Waals surface area contributed by atoms with E-state index in [2.05, 4.69) is 10.7 Å². The Morgan fingerprint density at radius 3 is 2.86 bits per heavy atom. The Kier molecular flexibility index (Phi) is 3.57. The van der Waals surface area contributed by atoms with Crippen LogP contribution in [0.3, 0.4) is 0 Å². The van der Waals surface area contributed by atoms with E-state index in [1.807, 2.05) is 0 Å². The highest BCUT2D eigenvalue weighted by molar-refractivity contribution is 5.92. The summed E-state index contributed by atoms with van der Waals surface area (Å²) in [5.74, 6) is 2.34. The summed E-state index contributed by atoms with van der Waals surface area (Å²) in [5.41, 5.74) is 0.380. The Bertz CT molecular complexity index is 363. The van der Waals surface area contributed by atoms with Gasteiger partial charge >= 0.3 is 5.97 Å². The van der Waals surface area contributed by atoms with E-state index in [-0.39, 0.29) is 6.61 Å². The first-order valence-corrected chi connectivity index (χ1v) is 4.03. The Hall–Kier alpha value is -1.95. The summed E-state index contributed by atoms with van der Waals surface area (Å²) in [6.45, 7) is 0.133. The van der Waals surface area contributed by atoms with Gasteiger partial charge in [0, 0.05) is 0 Å². The lowest BCUT2D eigenvalue weighted by Crippen LogP contribution is -2.05. The fraction of sp³-hybridized carbons (Fsp3) is 0.182. The number of benzene rings is 1. The van der Waals surface area contributed by atoms with Crippen LogP contribution in [0.2, 0.25) is 0 Å². The highest BCUT2D eigenvalue weighted by Crippen LogP contribution is 2.18. The van der Waals surface area contributed by atoms with Crippen LogP contribution in [0.1, 0.15) is 10.4 Å². The molecule has 0 aromatic heterocycles. The maximum Gasteiger partial charge on any atom is 0.341 e. The maximum atomic E-state index is 11.2. The summed E-state index contributed by atoms with van der Waals surface area (Å²) in [7, 11) is 1.32. The Morgan fingerprint density at radius 1 is 1.50 bits per heavy atom. The van der Waals surface area contributed by atoms with Crippen LogP contribution in [0.15, 0.2) is 24.3 Å². The van der Waals surface area contributed by atoms with E-state index in [1.54, 1.807) is 24.3 Å². The number of esters is 1. The second kappa shape index (κ2) is 4.93. The first kappa shape index (κ1) is 10.1. The van der Waals surface area contributed by atoms with Crippen molar-refractivity contribution in [2.24, 2.45) is 0 Å². The molecule has 0 atom stereocenters. The van der Waals surface area contributed by atoms with Crippen molar-refractivity contribution < 1.29 is 14.3 Å². The first-order chi connectivity index (χ1) is 6.79. The Labute approximate surface area is 82.6 Å². The normalized spacial score (nSPS) is 8.86. The van der Waals surface area contributed by atoms with Crippen LogP contribution in [0, 0.1) is 12.3 Å². The molecular formula is C11H10O3. The second-order valence-electron chi connectivity index (χ2n) is 2.48. The zero-order valence-electron chi connectivity index (χ0n) is 7.82. The van der Waals surface area contributed by atoms with Crippen LogP contribution in [0.5, 0.6) is 5.75 Å².